The quantitative estimate of drug-likeness (QED) is 0.691. The highest BCUT2D eigenvalue weighted by molar-refractivity contribution is 7.99. The zero-order valence-corrected chi connectivity index (χ0v) is 13.1. The van der Waals surface area contributed by atoms with Crippen LogP contribution in [0.3, 0.4) is 0 Å². The lowest BCUT2D eigenvalue weighted by molar-refractivity contribution is -0.192. The molecular weight excluding hydrogens is 274 g/mol. The largest absolute Gasteiger partial charge is 0.448 e. The standard InChI is InChI=1S/C15H21NO3S/c1-12(2)13(3)11(18)19-14(4-5-15(12,13)14)10(17)16-6-8-20-9-7-16/h4-9H2,1-3H3. The van der Waals surface area contributed by atoms with Gasteiger partial charge in [0.25, 0.3) is 5.91 Å². The van der Waals surface area contributed by atoms with Crippen LogP contribution in [0, 0.1) is 16.2 Å². The van der Waals surface area contributed by atoms with Gasteiger partial charge >= 0.3 is 5.97 Å². The molecule has 2 aliphatic carbocycles. The van der Waals surface area contributed by atoms with Gasteiger partial charge in [0.05, 0.1) is 5.41 Å². The van der Waals surface area contributed by atoms with Crippen LogP contribution < -0.4 is 0 Å². The van der Waals surface area contributed by atoms with E-state index in [4.69, 9.17) is 4.74 Å². The first-order chi connectivity index (χ1) is 9.35. The fourth-order valence-electron chi connectivity index (χ4n) is 5.45. The normalized spacial score (nSPS) is 48.0. The van der Waals surface area contributed by atoms with Crippen molar-refractivity contribution >= 4 is 23.6 Å². The van der Waals surface area contributed by atoms with Crippen LogP contribution in [0.15, 0.2) is 0 Å². The molecule has 2 saturated carbocycles. The van der Waals surface area contributed by atoms with Crippen molar-refractivity contribution in [1.82, 2.24) is 4.90 Å². The van der Waals surface area contributed by atoms with E-state index in [1.54, 1.807) is 0 Å². The molecule has 20 heavy (non-hydrogen) atoms. The minimum atomic E-state index is -0.843. The summed E-state index contributed by atoms with van der Waals surface area (Å²) in [6, 6.07) is 0. The zero-order chi connectivity index (χ0) is 14.4. The molecule has 2 heterocycles. The van der Waals surface area contributed by atoms with Gasteiger partial charge in [0.15, 0.2) is 5.60 Å². The molecule has 2 aliphatic heterocycles. The van der Waals surface area contributed by atoms with Crippen LogP contribution in [-0.2, 0) is 14.3 Å². The van der Waals surface area contributed by atoms with Gasteiger partial charge in [0.1, 0.15) is 0 Å². The van der Waals surface area contributed by atoms with Crippen molar-refractivity contribution < 1.29 is 14.3 Å². The number of carbonyl (C=O) groups is 2. The second-order valence-corrected chi connectivity index (χ2v) is 8.50. The molecule has 0 bridgehead atoms. The Balaban J connectivity index is 1.72. The molecule has 4 rings (SSSR count). The van der Waals surface area contributed by atoms with Gasteiger partial charge in [0.2, 0.25) is 0 Å². The monoisotopic (exact) mass is 295 g/mol. The van der Waals surface area contributed by atoms with E-state index in [0.29, 0.717) is 6.42 Å². The van der Waals surface area contributed by atoms with E-state index in [0.717, 1.165) is 31.0 Å². The Hall–Kier alpha value is -0.710. The molecule has 0 aromatic carbocycles. The summed E-state index contributed by atoms with van der Waals surface area (Å²) in [5.41, 5.74) is -1.66. The molecule has 1 amide bonds. The van der Waals surface area contributed by atoms with Gasteiger partial charge in [-0.15, -0.1) is 0 Å². The molecule has 110 valence electrons. The molecule has 0 radical (unpaired) electrons. The van der Waals surface area contributed by atoms with Crippen molar-refractivity contribution in [2.24, 2.45) is 16.2 Å². The van der Waals surface area contributed by atoms with Gasteiger partial charge in [-0.2, -0.15) is 11.8 Å². The summed E-state index contributed by atoms with van der Waals surface area (Å²) >= 11 is 1.88. The molecule has 0 aromatic rings. The summed E-state index contributed by atoms with van der Waals surface area (Å²) in [5.74, 6) is 1.90. The first kappa shape index (κ1) is 13.0. The van der Waals surface area contributed by atoms with Gasteiger partial charge < -0.3 is 9.64 Å². The van der Waals surface area contributed by atoms with Crippen molar-refractivity contribution in [2.75, 3.05) is 24.6 Å². The summed E-state index contributed by atoms with van der Waals surface area (Å²) in [5, 5.41) is 0. The van der Waals surface area contributed by atoms with Crippen LogP contribution in [0.25, 0.3) is 0 Å². The van der Waals surface area contributed by atoms with Crippen LogP contribution in [0.4, 0.5) is 0 Å². The maximum atomic E-state index is 13.0. The Labute approximate surface area is 123 Å². The molecule has 4 fully saturated rings. The van der Waals surface area contributed by atoms with Crippen LogP contribution in [0.2, 0.25) is 0 Å². The average molecular weight is 295 g/mol. The molecular formula is C15H21NO3S. The van der Waals surface area contributed by atoms with Crippen LogP contribution in [0.5, 0.6) is 0 Å². The number of hydrogen-bond acceptors (Lipinski definition) is 4. The van der Waals surface area contributed by atoms with Gasteiger partial charge in [-0.25, -0.2) is 0 Å². The number of nitrogens with zero attached hydrogens (tertiary/aromatic N) is 1. The topological polar surface area (TPSA) is 46.6 Å². The molecule has 0 N–H and O–H groups in total. The minimum absolute atomic E-state index is 0.0756. The van der Waals surface area contributed by atoms with Gasteiger partial charge in [0, 0.05) is 30.0 Å². The Morgan fingerprint density at radius 2 is 1.85 bits per heavy atom. The Morgan fingerprint density at radius 1 is 1.20 bits per heavy atom. The lowest BCUT2D eigenvalue weighted by Gasteiger charge is -2.49. The van der Waals surface area contributed by atoms with E-state index in [-0.39, 0.29) is 22.7 Å². The van der Waals surface area contributed by atoms with E-state index in [2.05, 4.69) is 13.8 Å². The third-order valence-electron chi connectivity index (χ3n) is 6.97. The molecule has 2 saturated heterocycles. The van der Waals surface area contributed by atoms with Crippen molar-refractivity contribution in [1.29, 1.82) is 0 Å². The van der Waals surface area contributed by atoms with E-state index < -0.39 is 11.0 Å². The van der Waals surface area contributed by atoms with Crippen LogP contribution >= 0.6 is 11.8 Å². The SMILES string of the molecule is CC1(C)C2(C)C(=O)OC3(C(=O)N4CCSCC4)CCC312. The van der Waals surface area contributed by atoms with E-state index in [1.807, 2.05) is 23.6 Å². The maximum Gasteiger partial charge on any atom is 0.314 e. The number of ether oxygens (including phenoxy) is 1. The molecule has 0 aromatic heterocycles. The number of hydrogen-bond donors (Lipinski definition) is 0. The highest BCUT2D eigenvalue weighted by atomic mass is 32.2. The van der Waals surface area contributed by atoms with Gasteiger partial charge in [-0.05, 0) is 25.2 Å². The molecule has 4 nitrogen and oxygen atoms in total. The smallest absolute Gasteiger partial charge is 0.314 e. The number of esters is 1. The molecule has 3 atom stereocenters. The second kappa shape index (κ2) is 3.37. The van der Waals surface area contributed by atoms with Crippen molar-refractivity contribution in [3.8, 4) is 0 Å². The lowest BCUT2D eigenvalue weighted by atomic mass is 9.61. The summed E-state index contributed by atoms with van der Waals surface area (Å²) in [6.07, 6.45) is 1.65. The van der Waals surface area contributed by atoms with Gasteiger partial charge in [-0.1, -0.05) is 13.8 Å². The third-order valence-corrected chi connectivity index (χ3v) is 7.91. The molecule has 4 aliphatic rings. The predicted molar refractivity (Wildman–Crippen MR) is 76.3 cm³/mol. The van der Waals surface area contributed by atoms with E-state index in [9.17, 15) is 9.59 Å². The number of carbonyl (C=O) groups excluding carboxylic acids is 2. The second-order valence-electron chi connectivity index (χ2n) is 7.28. The summed E-state index contributed by atoms with van der Waals surface area (Å²) < 4.78 is 5.72. The van der Waals surface area contributed by atoms with Crippen molar-refractivity contribution in [3.05, 3.63) is 0 Å². The predicted octanol–water partition coefficient (Wildman–Crippen LogP) is 1.68. The first-order valence-corrected chi connectivity index (χ1v) is 8.61. The zero-order valence-electron chi connectivity index (χ0n) is 12.3. The molecule has 5 heteroatoms. The van der Waals surface area contributed by atoms with E-state index >= 15 is 0 Å². The fraction of sp³-hybridized carbons (Fsp3) is 0.867. The number of rotatable bonds is 1. The lowest BCUT2D eigenvalue weighted by Crippen LogP contribution is -2.63. The van der Waals surface area contributed by atoms with E-state index in [1.165, 1.54) is 0 Å². The van der Waals surface area contributed by atoms with Crippen molar-refractivity contribution in [3.63, 3.8) is 0 Å². The summed E-state index contributed by atoms with van der Waals surface area (Å²) in [4.78, 5) is 27.4. The maximum absolute atomic E-state index is 13.0. The first-order valence-electron chi connectivity index (χ1n) is 7.46. The summed E-state index contributed by atoms with van der Waals surface area (Å²) in [7, 11) is 0. The van der Waals surface area contributed by atoms with Crippen molar-refractivity contribution in [2.45, 2.75) is 39.2 Å². The highest BCUT2D eigenvalue weighted by Gasteiger charge is 2.99. The van der Waals surface area contributed by atoms with Crippen LogP contribution in [0.1, 0.15) is 33.6 Å². The Bertz CT molecular complexity index is 527. The summed E-state index contributed by atoms with van der Waals surface area (Å²) in [6.45, 7) is 7.82. The minimum Gasteiger partial charge on any atom is -0.448 e. The highest BCUT2D eigenvalue weighted by Crippen LogP contribution is 2.92. The number of thioether (sulfide) groups is 1. The third kappa shape index (κ3) is 0.956. The average Bonchev–Trinajstić information content (AvgIpc) is 2.80. The molecule has 3 unspecified atom stereocenters. The Morgan fingerprint density at radius 3 is 2.35 bits per heavy atom. The molecule has 1 spiro atoms. The number of amides is 1. The van der Waals surface area contributed by atoms with Crippen LogP contribution in [-0.4, -0.2) is 47.0 Å². The Kier molecular flexibility index (Phi) is 2.19. The van der Waals surface area contributed by atoms with Gasteiger partial charge in [-0.3, -0.25) is 9.59 Å². The fourth-order valence-corrected chi connectivity index (χ4v) is 6.36.